The Morgan fingerprint density at radius 3 is 3.07 bits per heavy atom. The maximum absolute atomic E-state index is 5.94. The van der Waals surface area contributed by atoms with Crippen LogP contribution in [0.3, 0.4) is 0 Å². The summed E-state index contributed by atoms with van der Waals surface area (Å²) in [5, 5.41) is 1.14. The largest absolute Gasteiger partial charge is 0.326 e. The zero-order valence-corrected chi connectivity index (χ0v) is 10.2. The van der Waals surface area contributed by atoms with Crippen LogP contribution in [-0.4, -0.2) is 10.7 Å². The minimum absolute atomic E-state index is 0.469. The number of nitrogens with zero attached hydrogens (tertiary/aromatic N) is 1. The van der Waals surface area contributed by atoms with Crippen LogP contribution in [0.25, 0.3) is 0 Å². The minimum Gasteiger partial charge on any atom is -0.326 e. The predicted octanol–water partition coefficient (Wildman–Crippen LogP) is 3.15. The number of nitrogens with two attached hydrogens (primary N) is 1. The van der Waals surface area contributed by atoms with Gasteiger partial charge in [-0.3, -0.25) is 0 Å². The van der Waals surface area contributed by atoms with Crippen LogP contribution in [0.2, 0.25) is 5.15 Å². The van der Waals surface area contributed by atoms with Gasteiger partial charge in [0.1, 0.15) is 5.15 Å². The van der Waals surface area contributed by atoms with Gasteiger partial charge in [0, 0.05) is 23.6 Å². The Morgan fingerprint density at radius 2 is 2.40 bits per heavy atom. The molecule has 1 aliphatic heterocycles. The highest BCUT2D eigenvalue weighted by atomic mass is 35.5. The second-order valence-electron chi connectivity index (χ2n) is 3.78. The molecule has 0 aromatic carbocycles. The van der Waals surface area contributed by atoms with Gasteiger partial charge in [0.2, 0.25) is 0 Å². The number of halogens is 1. The van der Waals surface area contributed by atoms with Gasteiger partial charge < -0.3 is 5.73 Å². The van der Waals surface area contributed by atoms with Gasteiger partial charge in [-0.1, -0.05) is 18.0 Å². The van der Waals surface area contributed by atoms with E-state index in [-0.39, 0.29) is 0 Å². The monoisotopic (exact) mass is 242 g/mol. The van der Waals surface area contributed by atoms with Gasteiger partial charge in [-0.15, -0.1) is 0 Å². The minimum atomic E-state index is 0.469. The topological polar surface area (TPSA) is 38.9 Å². The highest BCUT2D eigenvalue weighted by molar-refractivity contribution is 7.99. The Bertz CT molecular complexity index is 337. The van der Waals surface area contributed by atoms with E-state index in [2.05, 4.69) is 11.1 Å². The first-order valence-electron chi connectivity index (χ1n) is 5.27. The van der Waals surface area contributed by atoms with Crippen LogP contribution in [0.15, 0.2) is 12.3 Å². The molecule has 1 saturated heterocycles. The van der Waals surface area contributed by atoms with E-state index in [4.69, 9.17) is 17.3 Å². The summed E-state index contributed by atoms with van der Waals surface area (Å²) in [6, 6.07) is 2.11. The standard InChI is InChI=1S/C11H15ClN2S/c12-11-8(6-13)5-9(7-14-11)10-3-1-2-4-15-10/h5,7,10H,1-4,6,13H2. The van der Waals surface area contributed by atoms with Gasteiger partial charge in [-0.25, -0.2) is 4.98 Å². The molecule has 1 unspecified atom stereocenters. The number of thioether (sulfide) groups is 1. The van der Waals surface area contributed by atoms with E-state index >= 15 is 0 Å². The lowest BCUT2D eigenvalue weighted by atomic mass is 10.1. The number of hydrogen-bond acceptors (Lipinski definition) is 3. The van der Waals surface area contributed by atoms with Gasteiger partial charge in [0.15, 0.2) is 0 Å². The molecule has 0 saturated carbocycles. The Hall–Kier alpha value is -0.250. The first kappa shape index (κ1) is 11.2. The zero-order chi connectivity index (χ0) is 10.7. The summed E-state index contributed by atoms with van der Waals surface area (Å²) in [5.74, 6) is 1.26. The van der Waals surface area contributed by atoms with Crippen LogP contribution < -0.4 is 5.73 Å². The number of pyridine rings is 1. The summed E-state index contributed by atoms with van der Waals surface area (Å²) in [5.41, 5.74) is 7.86. The first-order chi connectivity index (χ1) is 7.31. The number of hydrogen-bond donors (Lipinski definition) is 1. The van der Waals surface area contributed by atoms with Crippen molar-refractivity contribution < 1.29 is 0 Å². The van der Waals surface area contributed by atoms with Gasteiger partial charge in [0.25, 0.3) is 0 Å². The fraction of sp³-hybridized carbons (Fsp3) is 0.545. The van der Waals surface area contributed by atoms with Gasteiger partial charge in [-0.05, 0) is 30.2 Å². The van der Waals surface area contributed by atoms with Crippen LogP contribution in [0, 0.1) is 0 Å². The van der Waals surface area contributed by atoms with E-state index in [0.29, 0.717) is 16.9 Å². The molecule has 2 nitrogen and oxygen atoms in total. The molecule has 0 aliphatic carbocycles. The molecule has 1 aliphatic rings. The quantitative estimate of drug-likeness (QED) is 0.810. The first-order valence-corrected chi connectivity index (χ1v) is 6.70. The van der Waals surface area contributed by atoms with Crippen molar-refractivity contribution in [2.75, 3.05) is 5.75 Å². The smallest absolute Gasteiger partial charge is 0.133 e. The number of aromatic nitrogens is 1. The average molecular weight is 243 g/mol. The van der Waals surface area contributed by atoms with Crippen molar-refractivity contribution in [3.05, 3.63) is 28.5 Å². The summed E-state index contributed by atoms with van der Waals surface area (Å²) in [4.78, 5) is 4.20. The fourth-order valence-corrected chi connectivity index (χ4v) is 3.33. The molecule has 1 aromatic heterocycles. The highest BCUT2D eigenvalue weighted by Crippen LogP contribution is 2.38. The molecule has 1 atom stereocenters. The third kappa shape index (κ3) is 2.65. The van der Waals surface area contributed by atoms with Crippen molar-refractivity contribution in [2.24, 2.45) is 5.73 Å². The Balaban J connectivity index is 2.20. The van der Waals surface area contributed by atoms with Gasteiger partial charge in [-0.2, -0.15) is 11.8 Å². The van der Waals surface area contributed by atoms with Crippen molar-refractivity contribution >= 4 is 23.4 Å². The van der Waals surface area contributed by atoms with Crippen LogP contribution in [0.4, 0.5) is 0 Å². The molecular weight excluding hydrogens is 228 g/mol. The SMILES string of the molecule is NCc1cc(C2CCCCS2)cnc1Cl. The molecule has 1 fully saturated rings. The molecule has 15 heavy (non-hydrogen) atoms. The van der Waals surface area contributed by atoms with Crippen molar-refractivity contribution in [2.45, 2.75) is 31.1 Å². The van der Waals surface area contributed by atoms with E-state index in [1.54, 1.807) is 0 Å². The molecular formula is C11H15ClN2S. The molecule has 82 valence electrons. The molecule has 1 aromatic rings. The average Bonchev–Trinajstić information content (AvgIpc) is 2.31. The summed E-state index contributed by atoms with van der Waals surface area (Å²) in [6.45, 7) is 0.469. The van der Waals surface area contributed by atoms with E-state index in [0.717, 1.165) is 5.56 Å². The molecule has 0 bridgehead atoms. The van der Waals surface area contributed by atoms with Gasteiger partial charge in [0.05, 0.1) is 0 Å². The summed E-state index contributed by atoms with van der Waals surface area (Å²) in [6.07, 6.45) is 5.80. The molecule has 0 radical (unpaired) electrons. The summed E-state index contributed by atoms with van der Waals surface area (Å²) in [7, 11) is 0. The Kier molecular flexibility index (Phi) is 3.89. The van der Waals surface area contributed by atoms with Crippen molar-refractivity contribution in [3.63, 3.8) is 0 Å². The normalized spacial score (nSPS) is 21.6. The molecule has 2 heterocycles. The highest BCUT2D eigenvalue weighted by Gasteiger charge is 2.17. The lowest BCUT2D eigenvalue weighted by molar-refractivity contribution is 0.684. The van der Waals surface area contributed by atoms with Crippen LogP contribution >= 0.6 is 23.4 Å². The zero-order valence-electron chi connectivity index (χ0n) is 8.58. The van der Waals surface area contributed by atoms with Crippen molar-refractivity contribution in [1.29, 1.82) is 0 Å². The second kappa shape index (κ2) is 5.19. The fourth-order valence-electron chi connectivity index (χ4n) is 1.83. The second-order valence-corrected chi connectivity index (χ2v) is 5.45. The van der Waals surface area contributed by atoms with Crippen LogP contribution in [0.1, 0.15) is 35.6 Å². The third-order valence-electron chi connectivity index (χ3n) is 2.70. The third-order valence-corrected chi connectivity index (χ3v) is 4.48. The number of rotatable bonds is 2. The molecule has 0 spiro atoms. The summed E-state index contributed by atoms with van der Waals surface area (Å²) < 4.78 is 0. The molecule has 2 rings (SSSR count). The lowest BCUT2D eigenvalue weighted by Crippen LogP contribution is -2.05. The van der Waals surface area contributed by atoms with E-state index in [9.17, 15) is 0 Å². The predicted molar refractivity (Wildman–Crippen MR) is 66.2 cm³/mol. The Labute approximate surface area is 99.6 Å². The van der Waals surface area contributed by atoms with Crippen molar-refractivity contribution in [3.8, 4) is 0 Å². The molecule has 0 amide bonds. The maximum Gasteiger partial charge on any atom is 0.133 e. The van der Waals surface area contributed by atoms with Crippen molar-refractivity contribution in [1.82, 2.24) is 4.98 Å². The maximum atomic E-state index is 5.94. The molecule has 2 N–H and O–H groups in total. The van der Waals surface area contributed by atoms with E-state index in [1.165, 1.54) is 30.6 Å². The van der Waals surface area contributed by atoms with Crippen LogP contribution in [-0.2, 0) is 6.54 Å². The van der Waals surface area contributed by atoms with E-state index < -0.39 is 0 Å². The summed E-state index contributed by atoms with van der Waals surface area (Å²) >= 11 is 7.95. The Morgan fingerprint density at radius 1 is 1.53 bits per heavy atom. The molecule has 4 heteroatoms. The van der Waals surface area contributed by atoms with Gasteiger partial charge >= 0.3 is 0 Å². The van der Waals surface area contributed by atoms with Crippen LogP contribution in [0.5, 0.6) is 0 Å². The lowest BCUT2D eigenvalue weighted by Gasteiger charge is -2.21. The van der Waals surface area contributed by atoms with E-state index in [1.807, 2.05) is 18.0 Å².